The van der Waals surface area contributed by atoms with Gasteiger partial charge in [-0.05, 0) is 19.3 Å². The lowest BCUT2D eigenvalue weighted by molar-refractivity contribution is -0.161. The maximum absolute atomic E-state index is 12.5. The Bertz CT molecular complexity index is 730. The second-order valence-electron chi connectivity index (χ2n) is 11.8. The first-order valence-corrected chi connectivity index (χ1v) is 20.3. The summed E-state index contributed by atoms with van der Waals surface area (Å²) in [5.41, 5.74) is 0. The molecular weight excluding hydrogens is 696 g/mol. The van der Waals surface area contributed by atoms with Crippen molar-refractivity contribution in [3.63, 3.8) is 0 Å². The molecule has 0 aromatic rings. The first-order chi connectivity index (χ1) is 21.2. The summed E-state index contributed by atoms with van der Waals surface area (Å²) in [6, 6.07) is 0. The number of esters is 2. The molecule has 0 aliphatic heterocycles. The summed E-state index contributed by atoms with van der Waals surface area (Å²) < 4.78 is 33.7. The highest BCUT2D eigenvalue weighted by atomic mass is 127. The number of alkyl halides is 1. The third-order valence-corrected chi connectivity index (χ3v) is 9.43. The van der Waals surface area contributed by atoms with Crippen molar-refractivity contribution < 1.29 is 37.6 Å². The standard InChI is InChI=1S/C33H65INO8P/c1-4-7-9-11-13-15-17-19-21-24-32(36)40-28-30(29-42-44(38,39)41-27-26-35-31(34)23-6-3)43-33(37)25-22-20-18-16-14-12-10-8-5-2/h30-31,35H,4-29H2,1-3H3,(H,38,39)/t30-,31+/m1/s1. The predicted molar refractivity (Wildman–Crippen MR) is 187 cm³/mol. The molecule has 0 amide bonds. The topological polar surface area (TPSA) is 120 Å². The molecule has 9 nitrogen and oxygen atoms in total. The van der Waals surface area contributed by atoms with Gasteiger partial charge in [-0.1, -0.05) is 153 Å². The van der Waals surface area contributed by atoms with Crippen LogP contribution in [0, 0.1) is 0 Å². The van der Waals surface area contributed by atoms with E-state index in [4.69, 9.17) is 18.5 Å². The molecule has 0 heterocycles. The number of hydrogen-bond donors (Lipinski definition) is 2. The molecule has 0 saturated carbocycles. The van der Waals surface area contributed by atoms with E-state index < -0.39 is 26.5 Å². The largest absolute Gasteiger partial charge is 0.472 e. The van der Waals surface area contributed by atoms with Crippen LogP contribution in [0.1, 0.15) is 162 Å². The highest BCUT2D eigenvalue weighted by Crippen LogP contribution is 2.43. The molecule has 1 unspecified atom stereocenters. The predicted octanol–water partition coefficient (Wildman–Crippen LogP) is 9.57. The molecule has 0 rings (SSSR count). The van der Waals surface area contributed by atoms with Crippen LogP contribution >= 0.6 is 30.4 Å². The number of rotatable bonds is 33. The lowest BCUT2D eigenvalue weighted by Gasteiger charge is -2.20. The van der Waals surface area contributed by atoms with E-state index in [9.17, 15) is 19.0 Å². The van der Waals surface area contributed by atoms with E-state index in [2.05, 4.69) is 48.7 Å². The minimum absolute atomic E-state index is 0.00617. The van der Waals surface area contributed by atoms with Gasteiger partial charge in [0.25, 0.3) is 0 Å². The van der Waals surface area contributed by atoms with Gasteiger partial charge >= 0.3 is 19.8 Å². The summed E-state index contributed by atoms with van der Waals surface area (Å²) in [5.74, 6) is -0.804. The normalized spacial score (nSPS) is 14.2. The van der Waals surface area contributed by atoms with E-state index in [1.165, 1.54) is 77.0 Å². The van der Waals surface area contributed by atoms with Crippen molar-refractivity contribution in [2.24, 2.45) is 0 Å². The average Bonchev–Trinajstić information content (AvgIpc) is 2.99. The van der Waals surface area contributed by atoms with Gasteiger partial charge in [0.15, 0.2) is 6.10 Å². The minimum atomic E-state index is -4.37. The zero-order valence-corrected chi connectivity index (χ0v) is 31.2. The number of halogens is 1. The molecule has 0 saturated heterocycles. The van der Waals surface area contributed by atoms with Crippen LogP contribution in [0.15, 0.2) is 0 Å². The fourth-order valence-corrected chi connectivity index (χ4v) is 6.41. The number of unbranched alkanes of at least 4 members (excludes halogenated alkanes) is 16. The summed E-state index contributed by atoms with van der Waals surface area (Å²) in [5, 5.41) is 3.21. The van der Waals surface area contributed by atoms with Gasteiger partial charge in [0.05, 0.1) is 17.3 Å². The molecule has 3 atom stereocenters. The Morgan fingerprint density at radius 2 is 1.16 bits per heavy atom. The Morgan fingerprint density at radius 3 is 1.66 bits per heavy atom. The second-order valence-corrected chi connectivity index (χ2v) is 14.7. The van der Waals surface area contributed by atoms with Crippen LogP contribution < -0.4 is 5.32 Å². The number of phosphoric acid groups is 1. The molecule has 2 N–H and O–H groups in total. The summed E-state index contributed by atoms with van der Waals surface area (Å²) in [6.45, 7) is 6.28. The van der Waals surface area contributed by atoms with Gasteiger partial charge in [-0.15, -0.1) is 0 Å². The maximum atomic E-state index is 12.5. The van der Waals surface area contributed by atoms with Crippen molar-refractivity contribution in [1.82, 2.24) is 5.32 Å². The molecule has 0 aromatic carbocycles. The zero-order chi connectivity index (χ0) is 32.7. The highest BCUT2D eigenvalue weighted by molar-refractivity contribution is 14.1. The van der Waals surface area contributed by atoms with Crippen LogP contribution in [0.5, 0.6) is 0 Å². The SMILES string of the molecule is CCCCCCCCCCCC(=O)OC[C@H](COP(=O)(O)OCCN[C@H](I)CCC)OC(=O)CCCCCCCCCCC. The zero-order valence-electron chi connectivity index (χ0n) is 28.2. The second kappa shape index (κ2) is 31.3. The number of carbonyl (C=O) groups is 2. The van der Waals surface area contributed by atoms with Gasteiger partial charge in [-0.2, -0.15) is 0 Å². The molecule has 11 heteroatoms. The molecule has 0 aliphatic rings. The van der Waals surface area contributed by atoms with E-state index in [0.29, 0.717) is 19.4 Å². The number of hydrogen-bond acceptors (Lipinski definition) is 8. The Kier molecular flexibility index (Phi) is 31.2. The summed E-state index contributed by atoms with van der Waals surface area (Å²) in [7, 11) is -4.37. The Labute approximate surface area is 282 Å². The van der Waals surface area contributed by atoms with Crippen molar-refractivity contribution in [1.29, 1.82) is 0 Å². The minimum Gasteiger partial charge on any atom is -0.462 e. The highest BCUT2D eigenvalue weighted by Gasteiger charge is 2.26. The summed E-state index contributed by atoms with van der Waals surface area (Å²) in [4.78, 5) is 35.0. The van der Waals surface area contributed by atoms with Crippen LogP contribution in [0.4, 0.5) is 0 Å². The van der Waals surface area contributed by atoms with E-state index in [0.717, 1.165) is 44.9 Å². The van der Waals surface area contributed by atoms with Crippen LogP contribution in [0.25, 0.3) is 0 Å². The van der Waals surface area contributed by atoms with Crippen molar-refractivity contribution in [3.05, 3.63) is 0 Å². The molecule has 0 aliphatic carbocycles. The molecule has 0 bridgehead atoms. The average molecular weight is 762 g/mol. The monoisotopic (exact) mass is 761 g/mol. The Balaban J connectivity index is 4.53. The van der Waals surface area contributed by atoms with Crippen molar-refractivity contribution in [2.45, 2.75) is 172 Å². The van der Waals surface area contributed by atoms with Crippen LogP contribution in [-0.2, 0) is 32.7 Å². The quantitative estimate of drug-likeness (QED) is 0.0168. The van der Waals surface area contributed by atoms with Crippen LogP contribution in [0.3, 0.4) is 0 Å². The summed E-state index contributed by atoms with van der Waals surface area (Å²) in [6.07, 6.45) is 22.1. The smallest absolute Gasteiger partial charge is 0.462 e. The maximum Gasteiger partial charge on any atom is 0.472 e. The molecule has 0 fully saturated rings. The van der Waals surface area contributed by atoms with Crippen LogP contribution in [-0.4, -0.2) is 53.3 Å². The fraction of sp³-hybridized carbons (Fsp3) is 0.939. The number of nitrogens with one attached hydrogen (secondary N) is 1. The van der Waals surface area contributed by atoms with E-state index in [-0.39, 0.29) is 29.7 Å². The van der Waals surface area contributed by atoms with Gasteiger partial charge < -0.3 is 19.7 Å². The third kappa shape index (κ3) is 30.4. The Hall–Kier alpha value is -0.260. The van der Waals surface area contributed by atoms with E-state index in [1.54, 1.807) is 0 Å². The molecule has 0 spiro atoms. The van der Waals surface area contributed by atoms with Crippen molar-refractivity contribution >= 4 is 42.4 Å². The number of carbonyl (C=O) groups excluding carboxylic acids is 2. The van der Waals surface area contributed by atoms with Crippen LogP contribution in [0.2, 0.25) is 0 Å². The Morgan fingerprint density at radius 1 is 0.682 bits per heavy atom. The summed E-state index contributed by atoms with van der Waals surface area (Å²) >= 11 is 2.27. The van der Waals surface area contributed by atoms with Gasteiger partial charge in [0, 0.05) is 19.4 Å². The fourth-order valence-electron chi connectivity index (χ4n) is 4.73. The van der Waals surface area contributed by atoms with Gasteiger partial charge in [0.1, 0.15) is 6.61 Å². The first kappa shape index (κ1) is 43.7. The van der Waals surface area contributed by atoms with Gasteiger partial charge in [0.2, 0.25) is 0 Å². The lowest BCUT2D eigenvalue weighted by Crippen LogP contribution is -2.30. The first-order valence-electron chi connectivity index (χ1n) is 17.6. The molecule has 262 valence electrons. The molecule has 0 aromatic heterocycles. The van der Waals surface area contributed by atoms with E-state index >= 15 is 0 Å². The number of phosphoric ester groups is 1. The van der Waals surface area contributed by atoms with Crippen molar-refractivity contribution in [3.8, 4) is 0 Å². The lowest BCUT2D eigenvalue weighted by atomic mass is 10.1. The van der Waals surface area contributed by atoms with E-state index in [1.807, 2.05) is 0 Å². The number of ether oxygens (including phenoxy) is 2. The van der Waals surface area contributed by atoms with Gasteiger partial charge in [-0.3, -0.25) is 18.6 Å². The molecule has 44 heavy (non-hydrogen) atoms. The third-order valence-electron chi connectivity index (χ3n) is 7.39. The molecular formula is C33H65INO8P. The van der Waals surface area contributed by atoms with Crippen molar-refractivity contribution in [2.75, 3.05) is 26.4 Å². The molecule has 0 radical (unpaired) electrons. The van der Waals surface area contributed by atoms with Gasteiger partial charge in [-0.25, -0.2) is 4.57 Å².